The molecule has 0 saturated heterocycles. The maximum Gasteiger partial charge on any atom is 0.193 e. The summed E-state index contributed by atoms with van der Waals surface area (Å²) in [6.45, 7) is 7.61. The number of thiophene rings is 1. The number of nitrogens with zero attached hydrogens (tertiary/aromatic N) is 2. The number of hydrogen-bond acceptors (Lipinski definition) is 3. The first-order valence-corrected chi connectivity index (χ1v) is 8.03. The molecule has 0 aliphatic carbocycles. The average molecular weight is 425 g/mol. The van der Waals surface area contributed by atoms with Gasteiger partial charge in [-0.25, -0.2) is 0 Å². The summed E-state index contributed by atoms with van der Waals surface area (Å²) in [5.41, 5.74) is 0. The Hall–Kier alpha value is -0.340. The maximum absolute atomic E-state index is 5.55. The molecule has 0 radical (unpaired) electrons. The number of rotatable bonds is 8. The van der Waals surface area contributed by atoms with Crippen molar-refractivity contribution in [2.45, 2.75) is 20.3 Å². The summed E-state index contributed by atoms with van der Waals surface area (Å²) >= 11 is 1.80. The Kier molecular flexibility index (Phi) is 12.0. The molecule has 4 nitrogen and oxygen atoms in total. The Balaban J connectivity index is 0.00000400. The monoisotopic (exact) mass is 425 g/mol. The van der Waals surface area contributed by atoms with Gasteiger partial charge in [-0.15, -0.1) is 35.3 Å². The van der Waals surface area contributed by atoms with Gasteiger partial charge in [0.25, 0.3) is 0 Å². The third-order valence-corrected chi connectivity index (χ3v) is 3.76. The van der Waals surface area contributed by atoms with Gasteiger partial charge in [0.05, 0.1) is 6.61 Å². The summed E-state index contributed by atoms with van der Waals surface area (Å²) in [6, 6.07) is 4.27. The Morgan fingerprint density at radius 1 is 1.48 bits per heavy atom. The van der Waals surface area contributed by atoms with Crippen LogP contribution in [0.3, 0.4) is 0 Å². The second-order valence-corrected chi connectivity index (χ2v) is 6.23. The summed E-state index contributed by atoms with van der Waals surface area (Å²) in [6.07, 6.45) is 1.05. The highest BCUT2D eigenvalue weighted by Gasteiger charge is 2.05. The number of halogens is 1. The highest BCUT2D eigenvalue weighted by molar-refractivity contribution is 14.0. The first-order valence-electron chi connectivity index (χ1n) is 7.15. The van der Waals surface area contributed by atoms with Gasteiger partial charge in [-0.05, 0) is 23.8 Å². The predicted octanol–water partition coefficient (Wildman–Crippen LogP) is 3.09. The van der Waals surface area contributed by atoms with Crippen molar-refractivity contribution in [1.29, 1.82) is 0 Å². The lowest BCUT2D eigenvalue weighted by Gasteiger charge is -2.21. The van der Waals surface area contributed by atoms with Crippen LogP contribution in [0, 0.1) is 5.92 Å². The molecule has 1 aromatic heterocycles. The topological polar surface area (TPSA) is 36.9 Å². The highest BCUT2D eigenvalue weighted by Crippen LogP contribution is 2.09. The van der Waals surface area contributed by atoms with E-state index in [1.807, 2.05) is 7.05 Å². The Morgan fingerprint density at radius 2 is 2.24 bits per heavy atom. The first kappa shape index (κ1) is 20.7. The number of aliphatic imine (C=N–C) groups is 1. The quantitative estimate of drug-likeness (QED) is 0.301. The molecule has 1 aromatic rings. The van der Waals surface area contributed by atoms with Gasteiger partial charge in [0.2, 0.25) is 0 Å². The number of guanidine groups is 1. The molecule has 1 rings (SSSR count). The van der Waals surface area contributed by atoms with E-state index in [9.17, 15) is 0 Å². The minimum atomic E-state index is 0. The van der Waals surface area contributed by atoms with E-state index >= 15 is 0 Å². The van der Waals surface area contributed by atoms with E-state index in [0.717, 1.165) is 38.7 Å². The standard InChI is InChI=1S/C15H27N3OS.HI/c1-13(2)12-19-10-8-17-15(16-3)18(4)9-7-14-6-5-11-20-14;/h5-6,11,13H,7-10,12H2,1-4H3,(H,16,17);1H. The minimum Gasteiger partial charge on any atom is -0.379 e. The van der Waals surface area contributed by atoms with Crippen LogP contribution in [-0.4, -0.2) is 51.3 Å². The van der Waals surface area contributed by atoms with Gasteiger partial charge in [-0.3, -0.25) is 4.99 Å². The molecule has 21 heavy (non-hydrogen) atoms. The van der Waals surface area contributed by atoms with Crippen LogP contribution in [-0.2, 0) is 11.2 Å². The molecule has 1 N–H and O–H groups in total. The summed E-state index contributed by atoms with van der Waals surface area (Å²) in [5.74, 6) is 1.51. The Morgan fingerprint density at radius 3 is 2.81 bits per heavy atom. The smallest absolute Gasteiger partial charge is 0.193 e. The van der Waals surface area contributed by atoms with Gasteiger partial charge in [0.1, 0.15) is 0 Å². The maximum atomic E-state index is 5.55. The molecule has 6 heteroatoms. The molecule has 0 saturated carbocycles. The van der Waals surface area contributed by atoms with Gasteiger partial charge in [-0.1, -0.05) is 19.9 Å². The van der Waals surface area contributed by atoms with Crippen LogP contribution in [0.1, 0.15) is 18.7 Å². The number of likely N-dealkylation sites (N-methyl/N-ethyl adjacent to an activating group) is 1. The van der Waals surface area contributed by atoms with E-state index in [4.69, 9.17) is 4.74 Å². The zero-order valence-electron chi connectivity index (χ0n) is 13.5. The molecule has 0 fully saturated rings. The van der Waals surface area contributed by atoms with Crippen molar-refractivity contribution >= 4 is 41.3 Å². The average Bonchev–Trinajstić information content (AvgIpc) is 2.93. The van der Waals surface area contributed by atoms with Crippen LogP contribution in [0.4, 0.5) is 0 Å². The molecule has 0 atom stereocenters. The third kappa shape index (κ3) is 9.31. The van der Waals surface area contributed by atoms with Crippen LogP contribution in [0.15, 0.2) is 22.5 Å². The van der Waals surface area contributed by atoms with Crippen molar-refractivity contribution in [3.8, 4) is 0 Å². The van der Waals surface area contributed by atoms with Crippen LogP contribution in [0.5, 0.6) is 0 Å². The normalized spacial score (nSPS) is 11.4. The van der Waals surface area contributed by atoms with Crippen LogP contribution in [0.2, 0.25) is 0 Å². The van der Waals surface area contributed by atoms with Crippen molar-refractivity contribution in [3.63, 3.8) is 0 Å². The lowest BCUT2D eigenvalue weighted by Crippen LogP contribution is -2.41. The minimum absolute atomic E-state index is 0. The Labute approximate surface area is 150 Å². The van der Waals surface area contributed by atoms with E-state index < -0.39 is 0 Å². The molecule has 0 amide bonds. The molecule has 0 spiro atoms. The van der Waals surface area contributed by atoms with Crippen LogP contribution < -0.4 is 5.32 Å². The third-order valence-electron chi connectivity index (χ3n) is 2.83. The lowest BCUT2D eigenvalue weighted by molar-refractivity contribution is 0.114. The summed E-state index contributed by atoms with van der Waals surface area (Å²) in [4.78, 5) is 7.86. The van der Waals surface area contributed by atoms with Crippen molar-refractivity contribution in [2.24, 2.45) is 10.9 Å². The molecule has 0 aromatic carbocycles. The molecular weight excluding hydrogens is 397 g/mol. The summed E-state index contributed by atoms with van der Waals surface area (Å²) in [5, 5.41) is 5.45. The van der Waals surface area contributed by atoms with Gasteiger partial charge in [0, 0.05) is 38.7 Å². The molecule has 0 unspecified atom stereocenters. The molecular formula is C15H28IN3OS. The molecule has 1 heterocycles. The second-order valence-electron chi connectivity index (χ2n) is 5.19. The van der Waals surface area contributed by atoms with E-state index in [2.05, 4.69) is 53.6 Å². The lowest BCUT2D eigenvalue weighted by atomic mass is 10.2. The molecule has 0 bridgehead atoms. The van der Waals surface area contributed by atoms with E-state index in [0.29, 0.717) is 5.92 Å². The van der Waals surface area contributed by atoms with E-state index in [-0.39, 0.29) is 24.0 Å². The fourth-order valence-electron chi connectivity index (χ4n) is 1.78. The zero-order chi connectivity index (χ0) is 14.8. The second kappa shape index (κ2) is 12.2. The van der Waals surface area contributed by atoms with Crippen molar-refractivity contribution in [3.05, 3.63) is 22.4 Å². The Bertz CT molecular complexity index is 382. The molecule has 0 aliphatic heterocycles. The van der Waals surface area contributed by atoms with Gasteiger partial charge in [-0.2, -0.15) is 0 Å². The predicted molar refractivity (Wildman–Crippen MR) is 103 cm³/mol. The summed E-state index contributed by atoms with van der Waals surface area (Å²) in [7, 11) is 3.89. The first-order chi connectivity index (χ1) is 9.63. The van der Waals surface area contributed by atoms with Crippen LogP contribution in [0.25, 0.3) is 0 Å². The number of hydrogen-bond donors (Lipinski definition) is 1. The van der Waals surface area contributed by atoms with Gasteiger partial charge < -0.3 is 15.0 Å². The van der Waals surface area contributed by atoms with Gasteiger partial charge in [0.15, 0.2) is 5.96 Å². The van der Waals surface area contributed by atoms with Crippen molar-refractivity contribution in [2.75, 3.05) is 40.4 Å². The highest BCUT2D eigenvalue weighted by atomic mass is 127. The van der Waals surface area contributed by atoms with E-state index in [1.165, 1.54) is 4.88 Å². The largest absolute Gasteiger partial charge is 0.379 e. The SMILES string of the molecule is CN=C(NCCOCC(C)C)N(C)CCc1cccs1.I. The van der Waals surface area contributed by atoms with Crippen molar-refractivity contribution < 1.29 is 4.74 Å². The molecule has 122 valence electrons. The fraction of sp³-hybridized carbons (Fsp3) is 0.667. The number of nitrogens with one attached hydrogen (secondary N) is 1. The van der Waals surface area contributed by atoms with E-state index in [1.54, 1.807) is 11.3 Å². The van der Waals surface area contributed by atoms with Crippen molar-refractivity contribution in [1.82, 2.24) is 10.2 Å². The fourth-order valence-corrected chi connectivity index (χ4v) is 2.48. The zero-order valence-corrected chi connectivity index (χ0v) is 16.6. The molecule has 0 aliphatic rings. The summed E-state index contributed by atoms with van der Waals surface area (Å²) < 4.78 is 5.55. The van der Waals surface area contributed by atoms with Gasteiger partial charge >= 0.3 is 0 Å². The van der Waals surface area contributed by atoms with Crippen LogP contribution >= 0.6 is 35.3 Å². The number of ether oxygens (including phenoxy) is 1.